The Morgan fingerprint density at radius 2 is 1.95 bits per heavy atom. The van der Waals surface area contributed by atoms with Crippen molar-refractivity contribution in [2.45, 2.75) is 23.2 Å². The van der Waals surface area contributed by atoms with Gasteiger partial charge < -0.3 is 5.11 Å². The van der Waals surface area contributed by atoms with Gasteiger partial charge in [0, 0.05) is 10.6 Å². The molecule has 1 heterocycles. The smallest absolute Gasteiger partial charge is 0.310 e. The molecular formula is C17H15FO2S. The second-order valence-electron chi connectivity index (χ2n) is 5.22. The number of halogens is 1. The predicted molar refractivity (Wildman–Crippen MR) is 81.3 cm³/mol. The summed E-state index contributed by atoms with van der Waals surface area (Å²) in [4.78, 5) is 12.8. The van der Waals surface area contributed by atoms with Crippen LogP contribution in [0, 0.1) is 5.82 Å². The number of rotatable bonds is 4. The third-order valence-electron chi connectivity index (χ3n) is 3.89. The number of carboxylic acid groups (broad SMARTS) is 1. The molecule has 2 unspecified atom stereocenters. The van der Waals surface area contributed by atoms with Crippen molar-refractivity contribution in [2.24, 2.45) is 0 Å². The third kappa shape index (κ3) is 2.95. The van der Waals surface area contributed by atoms with Crippen LogP contribution in [-0.2, 0) is 4.79 Å². The Kier molecular flexibility index (Phi) is 3.97. The lowest BCUT2D eigenvalue weighted by atomic mass is 9.86. The van der Waals surface area contributed by atoms with E-state index in [1.165, 1.54) is 22.6 Å². The molecule has 2 aromatic carbocycles. The minimum atomic E-state index is -0.851. The molecular weight excluding hydrogens is 287 g/mol. The zero-order valence-electron chi connectivity index (χ0n) is 11.3. The Labute approximate surface area is 127 Å². The van der Waals surface area contributed by atoms with E-state index < -0.39 is 11.9 Å². The van der Waals surface area contributed by atoms with Gasteiger partial charge in [0.05, 0.1) is 5.92 Å². The molecule has 0 bridgehead atoms. The number of fused-ring (bicyclic) bond motifs is 1. The highest BCUT2D eigenvalue weighted by molar-refractivity contribution is 7.99. The first-order chi connectivity index (χ1) is 10.1. The van der Waals surface area contributed by atoms with Crippen LogP contribution in [0.4, 0.5) is 4.39 Å². The Hall–Kier alpha value is -1.81. The SMILES string of the molecule is O=C(O)C(CC1CSc2ccccc21)c1ccc(F)cc1. The Morgan fingerprint density at radius 1 is 1.24 bits per heavy atom. The van der Waals surface area contributed by atoms with Crippen molar-refractivity contribution in [1.29, 1.82) is 0 Å². The Balaban J connectivity index is 1.84. The van der Waals surface area contributed by atoms with E-state index in [4.69, 9.17) is 0 Å². The van der Waals surface area contributed by atoms with E-state index in [2.05, 4.69) is 12.1 Å². The van der Waals surface area contributed by atoms with Gasteiger partial charge in [-0.3, -0.25) is 4.79 Å². The van der Waals surface area contributed by atoms with Crippen molar-refractivity contribution in [3.05, 3.63) is 65.5 Å². The van der Waals surface area contributed by atoms with Crippen molar-refractivity contribution in [2.75, 3.05) is 5.75 Å². The van der Waals surface area contributed by atoms with Crippen molar-refractivity contribution in [3.8, 4) is 0 Å². The molecule has 0 spiro atoms. The molecule has 0 amide bonds. The number of carboxylic acids is 1. The molecule has 108 valence electrons. The summed E-state index contributed by atoms with van der Waals surface area (Å²) < 4.78 is 13.0. The summed E-state index contributed by atoms with van der Waals surface area (Å²) in [6, 6.07) is 13.9. The molecule has 2 atom stereocenters. The summed E-state index contributed by atoms with van der Waals surface area (Å²) in [5.41, 5.74) is 1.90. The zero-order valence-corrected chi connectivity index (χ0v) is 12.1. The number of aliphatic carboxylic acids is 1. The highest BCUT2D eigenvalue weighted by Gasteiger charge is 2.29. The normalized spacial score (nSPS) is 18.2. The average molecular weight is 302 g/mol. The fraction of sp³-hybridized carbons (Fsp3) is 0.235. The summed E-state index contributed by atoms with van der Waals surface area (Å²) in [5.74, 6) is -0.648. The van der Waals surface area contributed by atoms with Crippen LogP contribution in [0.5, 0.6) is 0 Å². The molecule has 1 N–H and O–H groups in total. The molecule has 0 saturated carbocycles. The van der Waals surface area contributed by atoms with E-state index in [0.29, 0.717) is 12.0 Å². The number of hydrogen-bond donors (Lipinski definition) is 1. The summed E-state index contributed by atoms with van der Waals surface area (Å²) in [6.45, 7) is 0. The Morgan fingerprint density at radius 3 is 2.67 bits per heavy atom. The monoisotopic (exact) mass is 302 g/mol. The van der Waals surface area contributed by atoms with Gasteiger partial charge in [-0.2, -0.15) is 0 Å². The maximum absolute atomic E-state index is 13.0. The van der Waals surface area contributed by atoms with Crippen molar-refractivity contribution in [3.63, 3.8) is 0 Å². The molecule has 0 fully saturated rings. The van der Waals surface area contributed by atoms with E-state index in [1.807, 2.05) is 12.1 Å². The largest absolute Gasteiger partial charge is 0.481 e. The predicted octanol–water partition coefficient (Wildman–Crippen LogP) is 4.27. The third-order valence-corrected chi connectivity index (χ3v) is 5.14. The molecule has 1 aliphatic rings. The van der Waals surface area contributed by atoms with Crippen molar-refractivity contribution >= 4 is 17.7 Å². The zero-order chi connectivity index (χ0) is 14.8. The first-order valence-electron chi connectivity index (χ1n) is 6.85. The van der Waals surface area contributed by atoms with Crippen molar-refractivity contribution in [1.82, 2.24) is 0 Å². The van der Waals surface area contributed by atoms with Gasteiger partial charge in [0.15, 0.2) is 0 Å². The lowest BCUT2D eigenvalue weighted by Gasteiger charge is -2.18. The van der Waals surface area contributed by atoms with Crippen LogP contribution in [-0.4, -0.2) is 16.8 Å². The first-order valence-corrected chi connectivity index (χ1v) is 7.83. The standard InChI is InChI=1S/C17H15FO2S/c18-13-7-5-11(6-8-13)15(17(19)20)9-12-10-21-16-4-2-1-3-14(12)16/h1-8,12,15H,9-10H2,(H,19,20). The van der Waals surface area contributed by atoms with Crippen LogP contribution in [0.25, 0.3) is 0 Å². The van der Waals surface area contributed by atoms with Gasteiger partial charge in [0.25, 0.3) is 0 Å². The van der Waals surface area contributed by atoms with Crippen molar-refractivity contribution < 1.29 is 14.3 Å². The average Bonchev–Trinajstić information content (AvgIpc) is 2.89. The molecule has 2 nitrogen and oxygen atoms in total. The molecule has 0 aliphatic carbocycles. The molecule has 0 saturated heterocycles. The van der Waals surface area contributed by atoms with E-state index >= 15 is 0 Å². The second-order valence-corrected chi connectivity index (χ2v) is 6.29. The van der Waals surface area contributed by atoms with Gasteiger partial charge in [0.1, 0.15) is 5.82 Å². The minimum absolute atomic E-state index is 0.234. The number of carbonyl (C=O) groups is 1. The molecule has 0 aromatic heterocycles. The Bertz CT molecular complexity index is 654. The lowest BCUT2D eigenvalue weighted by molar-refractivity contribution is -0.139. The molecule has 0 radical (unpaired) electrons. The van der Waals surface area contributed by atoms with Gasteiger partial charge in [-0.15, -0.1) is 11.8 Å². The van der Waals surface area contributed by atoms with E-state index in [-0.39, 0.29) is 11.7 Å². The van der Waals surface area contributed by atoms with Crippen LogP contribution in [0.2, 0.25) is 0 Å². The fourth-order valence-corrected chi connectivity index (χ4v) is 4.06. The van der Waals surface area contributed by atoms with Crippen LogP contribution >= 0.6 is 11.8 Å². The van der Waals surface area contributed by atoms with Gasteiger partial charge in [-0.25, -0.2) is 4.39 Å². The van der Waals surface area contributed by atoms with Crippen LogP contribution in [0.1, 0.15) is 29.4 Å². The summed E-state index contributed by atoms with van der Waals surface area (Å²) in [6.07, 6.45) is 0.547. The van der Waals surface area contributed by atoms with Crippen LogP contribution in [0.15, 0.2) is 53.4 Å². The minimum Gasteiger partial charge on any atom is -0.481 e. The number of hydrogen-bond acceptors (Lipinski definition) is 2. The quantitative estimate of drug-likeness (QED) is 0.916. The van der Waals surface area contributed by atoms with E-state index in [1.54, 1.807) is 23.9 Å². The maximum Gasteiger partial charge on any atom is 0.310 e. The van der Waals surface area contributed by atoms with E-state index in [0.717, 1.165) is 5.75 Å². The lowest BCUT2D eigenvalue weighted by Crippen LogP contribution is -2.15. The number of benzene rings is 2. The molecule has 21 heavy (non-hydrogen) atoms. The summed E-state index contributed by atoms with van der Waals surface area (Å²) in [7, 11) is 0. The molecule has 2 aromatic rings. The van der Waals surface area contributed by atoms with E-state index in [9.17, 15) is 14.3 Å². The fourth-order valence-electron chi connectivity index (χ4n) is 2.78. The highest BCUT2D eigenvalue weighted by Crippen LogP contribution is 2.43. The molecule has 3 rings (SSSR count). The van der Waals surface area contributed by atoms with Gasteiger partial charge >= 0.3 is 5.97 Å². The van der Waals surface area contributed by atoms with Gasteiger partial charge in [0.2, 0.25) is 0 Å². The highest BCUT2D eigenvalue weighted by atomic mass is 32.2. The topological polar surface area (TPSA) is 37.3 Å². The van der Waals surface area contributed by atoms with Gasteiger partial charge in [-0.05, 0) is 41.7 Å². The molecule has 4 heteroatoms. The van der Waals surface area contributed by atoms with Crippen LogP contribution < -0.4 is 0 Å². The number of thioether (sulfide) groups is 1. The first kappa shape index (κ1) is 14.1. The van der Waals surface area contributed by atoms with Gasteiger partial charge in [-0.1, -0.05) is 30.3 Å². The van der Waals surface area contributed by atoms with Crippen LogP contribution in [0.3, 0.4) is 0 Å². The second kappa shape index (κ2) is 5.90. The molecule has 1 aliphatic heterocycles. The maximum atomic E-state index is 13.0. The summed E-state index contributed by atoms with van der Waals surface area (Å²) >= 11 is 1.77. The summed E-state index contributed by atoms with van der Waals surface area (Å²) in [5, 5.41) is 9.50.